The average Bonchev–Trinajstić information content (AvgIpc) is 2.81. The van der Waals surface area contributed by atoms with Crippen molar-refractivity contribution >= 4 is 11.9 Å². The summed E-state index contributed by atoms with van der Waals surface area (Å²) in [6.45, 7) is 5.43. The lowest BCUT2D eigenvalue weighted by Crippen LogP contribution is -2.06. The maximum absolute atomic E-state index is 11.9. The first kappa shape index (κ1) is 27.7. The Hall–Kier alpha value is -3.35. The molecular weight excluding hydrogens is 424 g/mol. The van der Waals surface area contributed by atoms with Crippen molar-refractivity contribution in [3.8, 4) is 11.5 Å². The number of nitrogens with two attached hydrogens (primary N) is 2. The molecule has 2 aromatic rings. The molecule has 4 N–H and O–H groups in total. The Kier molecular flexibility index (Phi) is 14.5. The standard InChI is InChI=1S/C13H19FN2O.C13H16FNO/c1-11(15)16-9-2-3-12-4-6-13(7-5-12)17-10-8-14;1-11(15)3-2-4-12-5-7-13(8-6-12)16-10-9-14/h4-7H,2-3,8-10H2,1H3,(H2,15,16);2,4-8H,1,3,9-10,15H2/b;4-2+. The number of aliphatic imine (C=N–C) groups is 1. The number of halogens is 2. The Morgan fingerprint density at radius 1 is 0.939 bits per heavy atom. The average molecular weight is 460 g/mol. The van der Waals surface area contributed by atoms with Gasteiger partial charge in [-0.15, -0.1) is 0 Å². The van der Waals surface area contributed by atoms with E-state index in [1.165, 1.54) is 5.56 Å². The van der Waals surface area contributed by atoms with Gasteiger partial charge in [0.2, 0.25) is 0 Å². The predicted octanol–water partition coefficient (Wildman–Crippen LogP) is 5.26. The number of amidine groups is 1. The molecule has 0 unspecified atom stereocenters. The van der Waals surface area contributed by atoms with Gasteiger partial charge in [-0.2, -0.15) is 0 Å². The second kappa shape index (κ2) is 17.2. The summed E-state index contributed by atoms with van der Waals surface area (Å²) in [5, 5.41) is 0. The van der Waals surface area contributed by atoms with E-state index in [0.717, 1.165) is 24.9 Å². The monoisotopic (exact) mass is 459 g/mol. The highest BCUT2D eigenvalue weighted by Gasteiger charge is 1.96. The topological polar surface area (TPSA) is 82.9 Å². The zero-order chi connectivity index (χ0) is 24.3. The van der Waals surface area contributed by atoms with Crippen LogP contribution in [0.1, 0.15) is 30.9 Å². The molecule has 0 aliphatic carbocycles. The Balaban J connectivity index is 0.000000331. The number of benzene rings is 2. The fourth-order valence-electron chi connectivity index (χ4n) is 2.63. The van der Waals surface area contributed by atoms with Crippen molar-refractivity contribution in [2.75, 3.05) is 33.1 Å². The number of hydrogen-bond acceptors (Lipinski definition) is 4. The highest BCUT2D eigenvalue weighted by molar-refractivity contribution is 5.77. The summed E-state index contributed by atoms with van der Waals surface area (Å²) in [5.74, 6) is 2.01. The van der Waals surface area contributed by atoms with E-state index < -0.39 is 13.3 Å². The smallest absolute Gasteiger partial charge is 0.123 e. The van der Waals surface area contributed by atoms with Gasteiger partial charge < -0.3 is 20.9 Å². The SMILES string of the molecule is C=C(N)C/C=C/c1ccc(OCCF)cc1.CC(N)=NCCCc1ccc(OCCF)cc1. The van der Waals surface area contributed by atoms with Gasteiger partial charge in [-0.3, -0.25) is 4.99 Å². The molecule has 33 heavy (non-hydrogen) atoms. The summed E-state index contributed by atoms with van der Waals surface area (Å²) >= 11 is 0. The number of nitrogens with zero attached hydrogens (tertiary/aromatic N) is 1. The maximum atomic E-state index is 11.9. The molecule has 0 heterocycles. The maximum Gasteiger partial charge on any atom is 0.123 e. The molecule has 0 spiro atoms. The van der Waals surface area contributed by atoms with Crippen molar-refractivity contribution in [3.63, 3.8) is 0 Å². The van der Waals surface area contributed by atoms with Gasteiger partial charge in [0.1, 0.15) is 38.1 Å². The molecule has 2 aromatic carbocycles. The van der Waals surface area contributed by atoms with Gasteiger partial charge in [-0.25, -0.2) is 8.78 Å². The Morgan fingerprint density at radius 2 is 1.48 bits per heavy atom. The third-order valence-electron chi connectivity index (χ3n) is 4.17. The fraction of sp³-hybridized carbons (Fsp3) is 0.346. The van der Waals surface area contributed by atoms with E-state index in [4.69, 9.17) is 20.9 Å². The Morgan fingerprint density at radius 3 is 1.97 bits per heavy atom. The van der Waals surface area contributed by atoms with E-state index in [1.807, 2.05) is 60.7 Å². The summed E-state index contributed by atoms with van der Waals surface area (Å²) in [4.78, 5) is 4.13. The third-order valence-corrected chi connectivity index (χ3v) is 4.17. The number of ether oxygens (including phenoxy) is 2. The minimum atomic E-state index is -0.472. The molecule has 2 rings (SSSR count). The molecule has 5 nitrogen and oxygen atoms in total. The van der Waals surface area contributed by atoms with E-state index in [9.17, 15) is 8.78 Å². The van der Waals surface area contributed by atoms with Crippen molar-refractivity contribution < 1.29 is 18.3 Å². The number of rotatable bonds is 13. The molecule has 0 saturated carbocycles. The first-order valence-electron chi connectivity index (χ1n) is 10.9. The van der Waals surface area contributed by atoms with Crippen LogP contribution >= 0.6 is 0 Å². The lowest BCUT2D eigenvalue weighted by Gasteiger charge is -2.05. The van der Waals surface area contributed by atoms with Crippen LogP contribution in [0, 0.1) is 0 Å². The predicted molar refractivity (Wildman–Crippen MR) is 133 cm³/mol. The molecule has 7 heteroatoms. The molecular formula is C26H35F2N3O2. The van der Waals surface area contributed by atoms with Crippen molar-refractivity contribution in [1.29, 1.82) is 0 Å². The second-order valence-electron chi connectivity index (χ2n) is 7.18. The molecule has 0 fully saturated rings. The number of hydrogen-bond donors (Lipinski definition) is 2. The van der Waals surface area contributed by atoms with Crippen LogP contribution in [-0.4, -0.2) is 38.9 Å². The summed E-state index contributed by atoms with van der Waals surface area (Å²) < 4.78 is 34.0. The second-order valence-corrected chi connectivity index (χ2v) is 7.18. The fourth-order valence-corrected chi connectivity index (χ4v) is 2.63. The first-order valence-corrected chi connectivity index (χ1v) is 10.9. The third kappa shape index (κ3) is 14.4. The van der Waals surface area contributed by atoms with Crippen LogP contribution in [0.3, 0.4) is 0 Å². The molecule has 0 bridgehead atoms. The summed E-state index contributed by atoms with van der Waals surface area (Å²) in [7, 11) is 0. The van der Waals surface area contributed by atoms with Crippen LogP contribution in [0.5, 0.6) is 11.5 Å². The quantitative estimate of drug-likeness (QED) is 0.243. The van der Waals surface area contributed by atoms with E-state index in [-0.39, 0.29) is 13.2 Å². The lowest BCUT2D eigenvalue weighted by atomic mass is 10.1. The number of aryl methyl sites for hydroxylation is 1. The zero-order valence-electron chi connectivity index (χ0n) is 19.3. The zero-order valence-corrected chi connectivity index (χ0v) is 19.3. The Labute approximate surface area is 195 Å². The minimum absolute atomic E-state index is 0.0994. The molecule has 0 aliphatic rings. The van der Waals surface area contributed by atoms with E-state index in [1.54, 1.807) is 6.92 Å². The Bertz CT molecular complexity index is 847. The molecule has 0 aromatic heterocycles. The first-order chi connectivity index (χ1) is 15.9. The summed E-state index contributed by atoms with van der Waals surface area (Å²) in [6.07, 6.45) is 6.50. The van der Waals surface area contributed by atoms with Crippen LogP contribution in [-0.2, 0) is 6.42 Å². The van der Waals surface area contributed by atoms with Crippen molar-refractivity contribution in [2.45, 2.75) is 26.2 Å². The molecule has 180 valence electrons. The summed E-state index contributed by atoms with van der Waals surface area (Å²) in [6, 6.07) is 15.1. The van der Waals surface area contributed by atoms with Gasteiger partial charge in [0.25, 0.3) is 0 Å². The van der Waals surface area contributed by atoms with Gasteiger partial charge in [-0.1, -0.05) is 43.0 Å². The van der Waals surface area contributed by atoms with Crippen molar-refractivity contribution in [2.24, 2.45) is 16.5 Å². The van der Waals surface area contributed by atoms with Gasteiger partial charge in [-0.05, 0) is 55.2 Å². The van der Waals surface area contributed by atoms with Crippen molar-refractivity contribution in [1.82, 2.24) is 0 Å². The number of alkyl halides is 2. The normalized spacial score (nSPS) is 11.1. The van der Waals surface area contributed by atoms with E-state index in [0.29, 0.717) is 29.5 Å². The van der Waals surface area contributed by atoms with Crippen LogP contribution in [0.4, 0.5) is 8.78 Å². The largest absolute Gasteiger partial charge is 0.491 e. The minimum Gasteiger partial charge on any atom is -0.491 e. The van der Waals surface area contributed by atoms with Crippen LogP contribution in [0.15, 0.2) is 71.9 Å². The van der Waals surface area contributed by atoms with Crippen LogP contribution < -0.4 is 20.9 Å². The van der Waals surface area contributed by atoms with Crippen LogP contribution in [0.2, 0.25) is 0 Å². The van der Waals surface area contributed by atoms with Gasteiger partial charge in [0.05, 0.1) is 5.84 Å². The van der Waals surface area contributed by atoms with Crippen LogP contribution in [0.25, 0.3) is 6.08 Å². The summed E-state index contributed by atoms with van der Waals surface area (Å²) in [5.41, 5.74) is 13.8. The highest BCUT2D eigenvalue weighted by atomic mass is 19.1. The lowest BCUT2D eigenvalue weighted by molar-refractivity contribution is 0.273. The number of allylic oxidation sites excluding steroid dienone is 1. The van der Waals surface area contributed by atoms with E-state index in [2.05, 4.69) is 11.6 Å². The molecule has 0 saturated heterocycles. The van der Waals surface area contributed by atoms with Crippen molar-refractivity contribution in [3.05, 3.63) is 78.0 Å². The molecule has 0 atom stereocenters. The molecule has 0 aliphatic heterocycles. The van der Waals surface area contributed by atoms with E-state index >= 15 is 0 Å². The van der Waals surface area contributed by atoms with Gasteiger partial charge >= 0.3 is 0 Å². The van der Waals surface area contributed by atoms with Gasteiger partial charge in [0.15, 0.2) is 0 Å². The highest BCUT2D eigenvalue weighted by Crippen LogP contribution is 2.14. The van der Waals surface area contributed by atoms with Gasteiger partial charge in [0, 0.05) is 18.7 Å². The molecule has 0 amide bonds. The molecule has 0 radical (unpaired) electrons.